The summed E-state index contributed by atoms with van der Waals surface area (Å²) in [7, 11) is 2.08. The summed E-state index contributed by atoms with van der Waals surface area (Å²) in [6.07, 6.45) is 3.68. The lowest BCUT2D eigenvalue weighted by Gasteiger charge is -2.22. The Kier molecular flexibility index (Phi) is 4.90. The smallest absolute Gasteiger partial charge is 0.272 e. The van der Waals surface area contributed by atoms with Crippen molar-refractivity contribution in [2.24, 2.45) is 0 Å². The van der Waals surface area contributed by atoms with Gasteiger partial charge in [-0.05, 0) is 30.0 Å². The van der Waals surface area contributed by atoms with E-state index in [1.54, 1.807) is 18.0 Å². The quantitative estimate of drug-likeness (QED) is 0.652. The van der Waals surface area contributed by atoms with Crippen LogP contribution in [0.1, 0.15) is 16.1 Å². The van der Waals surface area contributed by atoms with Gasteiger partial charge in [-0.3, -0.25) is 9.36 Å². The van der Waals surface area contributed by atoms with Crippen LogP contribution in [0.15, 0.2) is 66.0 Å². The van der Waals surface area contributed by atoms with E-state index >= 15 is 0 Å². The number of amides is 1. The van der Waals surface area contributed by atoms with Crippen LogP contribution in [0, 0.1) is 0 Å². The number of rotatable bonds is 3. The molecule has 0 fully saturated rings. The Balaban J connectivity index is 1.71. The zero-order valence-electron chi connectivity index (χ0n) is 15.5. The molecule has 0 N–H and O–H groups in total. The second kappa shape index (κ2) is 7.48. The number of fused-ring (bicyclic) bond motifs is 1. The third kappa shape index (κ3) is 3.32. The first-order chi connectivity index (χ1) is 13.2. The van der Waals surface area contributed by atoms with Gasteiger partial charge in [-0.25, -0.2) is 4.98 Å². The molecule has 0 atom stereocenters. The fourth-order valence-corrected chi connectivity index (χ4v) is 4.03. The largest absolute Gasteiger partial charge is 0.373 e. The summed E-state index contributed by atoms with van der Waals surface area (Å²) in [5.74, 6) is 0.0109. The molecule has 1 aromatic heterocycles. The van der Waals surface area contributed by atoms with Gasteiger partial charge >= 0.3 is 0 Å². The van der Waals surface area contributed by atoms with Crippen molar-refractivity contribution in [3.05, 3.63) is 72.1 Å². The molecule has 0 spiro atoms. The van der Waals surface area contributed by atoms with Crippen molar-refractivity contribution in [3.63, 3.8) is 0 Å². The molecule has 1 aliphatic heterocycles. The highest BCUT2D eigenvalue weighted by Gasteiger charge is 2.26. The molecule has 0 radical (unpaired) electrons. The van der Waals surface area contributed by atoms with Gasteiger partial charge in [0.25, 0.3) is 5.91 Å². The first kappa shape index (κ1) is 17.7. The monoisotopic (exact) mass is 378 g/mol. The number of para-hydroxylation sites is 2. The second-order valence-electron chi connectivity index (χ2n) is 6.58. The highest BCUT2D eigenvalue weighted by atomic mass is 32.2. The highest BCUT2D eigenvalue weighted by Crippen LogP contribution is 2.26. The van der Waals surface area contributed by atoms with Crippen molar-refractivity contribution in [1.29, 1.82) is 0 Å². The summed E-state index contributed by atoms with van der Waals surface area (Å²) >= 11 is 1.54. The fourth-order valence-electron chi connectivity index (χ4n) is 3.48. The van der Waals surface area contributed by atoms with Gasteiger partial charge < -0.3 is 9.80 Å². The molecule has 2 aromatic carbocycles. The maximum atomic E-state index is 13.4. The number of thioether (sulfide) groups is 1. The molecule has 0 saturated carbocycles. The van der Waals surface area contributed by atoms with E-state index in [0.717, 1.165) is 17.4 Å². The van der Waals surface area contributed by atoms with Crippen LogP contribution in [0.25, 0.3) is 5.69 Å². The number of anilines is 1. The van der Waals surface area contributed by atoms with Gasteiger partial charge in [0.2, 0.25) is 0 Å². The van der Waals surface area contributed by atoms with Crippen LogP contribution in [-0.2, 0) is 6.54 Å². The van der Waals surface area contributed by atoms with Gasteiger partial charge in [-0.2, -0.15) is 0 Å². The number of hydrogen-bond donors (Lipinski definition) is 0. The van der Waals surface area contributed by atoms with Gasteiger partial charge in [0, 0.05) is 38.1 Å². The number of nitrogens with zero attached hydrogens (tertiary/aromatic N) is 4. The Morgan fingerprint density at radius 1 is 1.04 bits per heavy atom. The van der Waals surface area contributed by atoms with Gasteiger partial charge in [0.15, 0.2) is 5.16 Å². The van der Waals surface area contributed by atoms with Crippen LogP contribution in [0.2, 0.25) is 0 Å². The van der Waals surface area contributed by atoms with E-state index in [1.165, 1.54) is 11.3 Å². The molecular formula is C21H22N4OS. The molecular weight excluding hydrogens is 356 g/mol. The van der Waals surface area contributed by atoms with Crippen molar-refractivity contribution in [1.82, 2.24) is 14.5 Å². The van der Waals surface area contributed by atoms with E-state index in [9.17, 15) is 4.79 Å². The Morgan fingerprint density at radius 2 is 1.78 bits per heavy atom. The standard InChI is InChI=1S/C21H22N4OS/c1-23-12-13-24(15-16-8-6-7-11-18(16)23)20(26)19-14-22-21(27-2)25(19)17-9-4-3-5-10-17/h3-11,14H,12-13,15H2,1-2H3. The molecule has 5 nitrogen and oxygen atoms in total. The normalized spacial score (nSPS) is 14.0. The van der Waals surface area contributed by atoms with E-state index in [2.05, 4.69) is 29.1 Å². The van der Waals surface area contributed by atoms with Crippen molar-refractivity contribution in [2.75, 3.05) is 31.3 Å². The molecule has 0 unspecified atom stereocenters. The number of hydrogen-bond acceptors (Lipinski definition) is 4. The average Bonchev–Trinajstić information content (AvgIpc) is 3.07. The first-order valence-electron chi connectivity index (χ1n) is 8.94. The molecule has 0 bridgehead atoms. The number of imidazole rings is 1. The lowest BCUT2D eigenvalue weighted by molar-refractivity contribution is 0.0743. The van der Waals surface area contributed by atoms with E-state index in [0.29, 0.717) is 18.8 Å². The van der Waals surface area contributed by atoms with Crippen molar-refractivity contribution in [3.8, 4) is 5.69 Å². The molecule has 3 aromatic rings. The predicted octanol–water partition coefficient (Wildman–Crippen LogP) is 3.69. The van der Waals surface area contributed by atoms with Gasteiger partial charge in [-0.15, -0.1) is 0 Å². The Bertz CT molecular complexity index is 954. The SMILES string of the molecule is CSc1ncc(C(=O)N2CCN(C)c3ccccc3C2)n1-c1ccccc1. The van der Waals surface area contributed by atoms with Gasteiger partial charge in [0.1, 0.15) is 5.69 Å². The van der Waals surface area contributed by atoms with Crippen molar-refractivity contribution in [2.45, 2.75) is 11.7 Å². The van der Waals surface area contributed by atoms with Gasteiger partial charge in [-0.1, -0.05) is 48.2 Å². The van der Waals surface area contributed by atoms with Crippen LogP contribution >= 0.6 is 11.8 Å². The molecule has 138 valence electrons. The number of carbonyl (C=O) groups is 1. The van der Waals surface area contributed by atoms with Crippen molar-refractivity contribution >= 4 is 23.4 Å². The second-order valence-corrected chi connectivity index (χ2v) is 7.35. The number of benzene rings is 2. The lowest BCUT2D eigenvalue weighted by Crippen LogP contribution is -2.35. The molecule has 0 aliphatic carbocycles. The Labute approximate surface area is 163 Å². The van der Waals surface area contributed by atoms with E-state index in [4.69, 9.17) is 0 Å². The predicted molar refractivity (Wildman–Crippen MR) is 110 cm³/mol. The van der Waals surface area contributed by atoms with Crippen LogP contribution in [-0.4, -0.2) is 46.8 Å². The first-order valence-corrected chi connectivity index (χ1v) is 10.2. The van der Waals surface area contributed by atoms with Crippen LogP contribution in [0.4, 0.5) is 5.69 Å². The van der Waals surface area contributed by atoms with Gasteiger partial charge in [0.05, 0.1) is 6.20 Å². The van der Waals surface area contributed by atoms with Crippen molar-refractivity contribution < 1.29 is 4.79 Å². The topological polar surface area (TPSA) is 41.4 Å². The average molecular weight is 379 g/mol. The molecule has 27 heavy (non-hydrogen) atoms. The maximum absolute atomic E-state index is 13.4. The molecule has 4 rings (SSSR count). The van der Waals surface area contributed by atoms with Crippen LogP contribution in [0.3, 0.4) is 0 Å². The molecule has 6 heteroatoms. The Morgan fingerprint density at radius 3 is 2.56 bits per heavy atom. The lowest BCUT2D eigenvalue weighted by atomic mass is 10.1. The third-order valence-corrected chi connectivity index (χ3v) is 5.56. The van der Waals surface area contributed by atoms with E-state index < -0.39 is 0 Å². The molecule has 1 amide bonds. The van der Waals surface area contributed by atoms with E-state index in [-0.39, 0.29) is 5.91 Å². The summed E-state index contributed by atoms with van der Waals surface area (Å²) in [6, 6.07) is 18.2. The highest BCUT2D eigenvalue weighted by molar-refractivity contribution is 7.98. The number of likely N-dealkylation sites (N-methyl/N-ethyl adjacent to an activating group) is 1. The number of aromatic nitrogens is 2. The summed E-state index contributed by atoms with van der Waals surface area (Å²) in [5, 5.41) is 0.817. The summed E-state index contributed by atoms with van der Waals surface area (Å²) in [5.41, 5.74) is 3.92. The minimum atomic E-state index is 0.0109. The minimum Gasteiger partial charge on any atom is -0.373 e. The summed E-state index contributed by atoms with van der Waals surface area (Å²) in [6.45, 7) is 2.09. The Hall–Kier alpha value is -2.73. The van der Waals surface area contributed by atoms with Crippen LogP contribution < -0.4 is 4.90 Å². The third-order valence-electron chi connectivity index (χ3n) is 4.90. The zero-order valence-corrected chi connectivity index (χ0v) is 16.3. The van der Waals surface area contributed by atoms with E-state index in [1.807, 2.05) is 58.2 Å². The van der Waals surface area contributed by atoms with Crippen LogP contribution in [0.5, 0.6) is 0 Å². The summed E-state index contributed by atoms with van der Waals surface area (Å²) < 4.78 is 1.95. The fraction of sp³-hybridized carbons (Fsp3) is 0.238. The number of carbonyl (C=O) groups excluding carboxylic acids is 1. The maximum Gasteiger partial charge on any atom is 0.272 e. The summed E-state index contributed by atoms with van der Waals surface area (Å²) in [4.78, 5) is 22.0. The zero-order chi connectivity index (χ0) is 18.8. The molecule has 0 saturated heterocycles. The minimum absolute atomic E-state index is 0.0109. The molecule has 2 heterocycles. The molecule has 1 aliphatic rings.